The van der Waals surface area contributed by atoms with Crippen LogP contribution >= 0.6 is 0 Å². The van der Waals surface area contributed by atoms with Gasteiger partial charge in [0.05, 0.1) is 0 Å². The Bertz CT molecular complexity index is 210. The Balaban J connectivity index is 2.27. The molecular formula is C6H11FN4. The van der Waals surface area contributed by atoms with E-state index in [1.165, 1.54) is 0 Å². The molecule has 1 rings (SSSR count). The van der Waals surface area contributed by atoms with E-state index >= 15 is 0 Å². The van der Waals surface area contributed by atoms with Crippen molar-refractivity contribution in [2.75, 3.05) is 0 Å². The molecule has 1 heterocycles. The van der Waals surface area contributed by atoms with Gasteiger partial charge >= 0.3 is 0 Å². The normalized spacial score (nSPS) is 10.4. The second kappa shape index (κ2) is 4.00. The molecule has 1 aromatic heterocycles. The highest BCUT2D eigenvalue weighted by atomic mass is 19.2. The van der Waals surface area contributed by atoms with Gasteiger partial charge in [-0.2, -0.15) is 0 Å². The first-order valence-electron chi connectivity index (χ1n) is 3.78. The molecule has 0 amide bonds. The van der Waals surface area contributed by atoms with Crippen molar-refractivity contribution < 1.29 is 4.48 Å². The Hall–Kier alpha value is -1.00. The fourth-order valence-corrected chi connectivity index (χ4v) is 0.857. The number of hydrogen-bond acceptors (Lipinski definition) is 3. The Labute approximate surface area is 64.3 Å². The highest BCUT2D eigenvalue weighted by Crippen LogP contribution is 1.99. The minimum atomic E-state index is 0.00127. The molecule has 11 heavy (non-hydrogen) atoms. The zero-order valence-electron chi connectivity index (χ0n) is 6.50. The number of halogens is 1. The smallest absolute Gasteiger partial charge is 0.111 e. The topological polar surface area (TPSA) is 43.6 Å². The summed E-state index contributed by atoms with van der Waals surface area (Å²) in [5.41, 5.74) is 0. The summed E-state index contributed by atoms with van der Waals surface area (Å²) in [6.45, 7) is 2.11. The van der Waals surface area contributed by atoms with E-state index in [1.807, 2.05) is 0 Å². The lowest BCUT2D eigenvalue weighted by atomic mass is 10.2. The molecule has 0 atom stereocenters. The minimum Gasteiger partial charge on any atom is -0.111 e. The molecule has 0 bridgehead atoms. The van der Waals surface area contributed by atoms with Crippen molar-refractivity contribution in [3.63, 3.8) is 0 Å². The molecule has 0 radical (unpaired) electrons. The molecule has 0 spiro atoms. The third-order valence-electron chi connectivity index (χ3n) is 1.44. The van der Waals surface area contributed by atoms with Crippen LogP contribution in [-0.4, -0.2) is 20.4 Å². The first kappa shape index (κ1) is 8.10. The van der Waals surface area contributed by atoms with Crippen molar-refractivity contribution in [3.8, 4) is 0 Å². The van der Waals surface area contributed by atoms with Crippen molar-refractivity contribution in [2.24, 2.45) is 0 Å². The van der Waals surface area contributed by atoms with Gasteiger partial charge in [-0.15, -0.1) is 10.2 Å². The molecule has 0 aromatic carbocycles. The van der Waals surface area contributed by atoms with Gasteiger partial charge < -0.3 is 0 Å². The fraction of sp³-hybridized carbons (Fsp3) is 0.833. The second-order valence-electron chi connectivity index (χ2n) is 2.40. The summed E-state index contributed by atoms with van der Waals surface area (Å²) in [5, 5.41) is 10.0. The van der Waals surface area contributed by atoms with Crippen LogP contribution in [0.4, 0.5) is 4.48 Å². The highest BCUT2D eigenvalue weighted by molar-refractivity contribution is 4.75. The third kappa shape index (κ3) is 2.61. The van der Waals surface area contributed by atoms with Crippen LogP contribution in [0.25, 0.3) is 0 Å². The molecule has 0 fully saturated rings. The van der Waals surface area contributed by atoms with Gasteiger partial charge in [0.15, 0.2) is 5.82 Å². The molecule has 0 saturated heterocycles. The number of unbranched alkanes of at least 4 members (excludes halogenated alkanes) is 2. The van der Waals surface area contributed by atoms with Crippen LogP contribution in [0.2, 0.25) is 0 Å². The van der Waals surface area contributed by atoms with Crippen LogP contribution < -0.4 is 0 Å². The fourth-order valence-electron chi connectivity index (χ4n) is 0.857. The third-order valence-corrected chi connectivity index (χ3v) is 1.44. The van der Waals surface area contributed by atoms with Crippen molar-refractivity contribution >= 4 is 0 Å². The lowest BCUT2D eigenvalue weighted by Crippen LogP contribution is -1.90. The van der Waals surface area contributed by atoms with E-state index in [9.17, 15) is 4.48 Å². The summed E-state index contributed by atoms with van der Waals surface area (Å²) in [4.78, 5) is 0. The number of tetrazole rings is 1. The standard InChI is InChI=1S/C6H11FN4/c1-2-3-4-5-6-8-10-11(7)9-6/h2-5H2,1H3. The predicted octanol–water partition coefficient (Wildman–Crippen LogP) is 1.14. The maximum absolute atomic E-state index is 12.1. The number of hydrogen-bond donors (Lipinski definition) is 0. The molecule has 0 saturated carbocycles. The van der Waals surface area contributed by atoms with E-state index in [2.05, 4.69) is 22.3 Å². The van der Waals surface area contributed by atoms with E-state index in [1.54, 1.807) is 0 Å². The minimum absolute atomic E-state index is 0.00127. The van der Waals surface area contributed by atoms with Gasteiger partial charge in [-0.3, -0.25) is 0 Å². The van der Waals surface area contributed by atoms with Gasteiger partial charge in [-0.1, -0.05) is 24.2 Å². The van der Waals surface area contributed by atoms with Crippen LogP contribution in [0.3, 0.4) is 0 Å². The molecule has 0 aliphatic heterocycles. The van der Waals surface area contributed by atoms with E-state index in [-0.39, 0.29) is 5.02 Å². The van der Waals surface area contributed by atoms with Gasteiger partial charge in [-0.05, 0) is 11.6 Å². The van der Waals surface area contributed by atoms with Crippen LogP contribution in [0, 0.1) is 0 Å². The highest BCUT2D eigenvalue weighted by Gasteiger charge is 1.99. The lowest BCUT2D eigenvalue weighted by molar-refractivity contribution is 0.256. The second-order valence-corrected chi connectivity index (χ2v) is 2.40. The Morgan fingerprint density at radius 2 is 2.27 bits per heavy atom. The van der Waals surface area contributed by atoms with Gasteiger partial charge in [0.25, 0.3) is 0 Å². The summed E-state index contributed by atoms with van der Waals surface area (Å²) in [6.07, 6.45) is 3.99. The van der Waals surface area contributed by atoms with Crippen molar-refractivity contribution in [3.05, 3.63) is 5.82 Å². The molecule has 1 aromatic rings. The zero-order chi connectivity index (χ0) is 8.10. The average Bonchev–Trinajstić information content (AvgIpc) is 2.37. The molecule has 0 aliphatic rings. The van der Waals surface area contributed by atoms with Gasteiger partial charge in [0.1, 0.15) is 0 Å². The number of aryl methyl sites for hydroxylation is 1. The van der Waals surface area contributed by atoms with Crippen molar-refractivity contribution in [1.82, 2.24) is 20.4 Å². The molecule has 0 unspecified atom stereocenters. The lowest BCUT2D eigenvalue weighted by Gasteiger charge is -1.90. The summed E-state index contributed by atoms with van der Waals surface area (Å²) < 4.78 is 12.1. The largest absolute Gasteiger partial charge is 0.177 e. The molecular weight excluding hydrogens is 147 g/mol. The van der Waals surface area contributed by atoms with E-state index in [0.717, 1.165) is 25.7 Å². The molecule has 0 N–H and O–H groups in total. The number of rotatable bonds is 4. The average molecular weight is 158 g/mol. The predicted molar refractivity (Wildman–Crippen MR) is 37.6 cm³/mol. The van der Waals surface area contributed by atoms with Crippen molar-refractivity contribution in [1.29, 1.82) is 0 Å². The van der Waals surface area contributed by atoms with Gasteiger partial charge in [-0.25, -0.2) is 0 Å². The first-order valence-corrected chi connectivity index (χ1v) is 3.78. The molecule has 0 aliphatic carbocycles. The Morgan fingerprint density at radius 3 is 2.82 bits per heavy atom. The Kier molecular flexibility index (Phi) is 2.95. The number of aromatic nitrogens is 4. The van der Waals surface area contributed by atoms with Crippen molar-refractivity contribution in [2.45, 2.75) is 32.6 Å². The summed E-state index contributed by atoms with van der Waals surface area (Å²) in [6, 6.07) is 0. The summed E-state index contributed by atoms with van der Waals surface area (Å²) in [7, 11) is 0. The van der Waals surface area contributed by atoms with E-state index in [0.29, 0.717) is 5.82 Å². The summed E-state index contributed by atoms with van der Waals surface area (Å²) in [5.74, 6) is 0.487. The maximum Gasteiger partial charge on any atom is 0.177 e. The SMILES string of the molecule is CCCCCc1nnn(F)n1. The van der Waals surface area contributed by atoms with Gasteiger partial charge in [0.2, 0.25) is 0 Å². The zero-order valence-corrected chi connectivity index (χ0v) is 6.50. The van der Waals surface area contributed by atoms with Gasteiger partial charge in [0, 0.05) is 11.4 Å². The molecule has 4 nitrogen and oxygen atoms in total. The first-order chi connectivity index (χ1) is 5.33. The maximum atomic E-state index is 12.1. The Morgan fingerprint density at radius 1 is 1.45 bits per heavy atom. The van der Waals surface area contributed by atoms with E-state index < -0.39 is 0 Å². The monoisotopic (exact) mass is 158 g/mol. The van der Waals surface area contributed by atoms with Crippen LogP contribution in [-0.2, 0) is 6.42 Å². The van der Waals surface area contributed by atoms with Crippen LogP contribution in [0.1, 0.15) is 32.0 Å². The molecule has 62 valence electrons. The van der Waals surface area contributed by atoms with Crippen LogP contribution in [0.5, 0.6) is 0 Å². The number of nitrogens with zero attached hydrogens (tertiary/aromatic N) is 4. The quantitative estimate of drug-likeness (QED) is 0.617. The summed E-state index contributed by atoms with van der Waals surface area (Å²) >= 11 is 0. The van der Waals surface area contributed by atoms with E-state index in [4.69, 9.17) is 0 Å². The van der Waals surface area contributed by atoms with Crippen LogP contribution in [0.15, 0.2) is 0 Å². The molecule has 5 heteroatoms.